The van der Waals surface area contributed by atoms with Crippen molar-refractivity contribution in [1.82, 2.24) is 5.32 Å². The highest BCUT2D eigenvalue weighted by Crippen LogP contribution is 2.32. The SMILES string of the molecule is COc1ccc(N2CCCS2(=O)=O)cc1NC(=O)C(=O)NCCc1ccc(S(N)(=O)=O)cc1. The molecule has 0 atom stereocenters. The smallest absolute Gasteiger partial charge is 0.313 e. The summed E-state index contributed by atoms with van der Waals surface area (Å²) in [5.74, 6) is -1.52. The Morgan fingerprint density at radius 3 is 2.39 bits per heavy atom. The van der Waals surface area contributed by atoms with Crippen LogP contribution < -0.4 is 24.8 Å². The van der Waals surface area contributed by atoms with Crippen LogP contribution >= 0.6 is 0 Å². The first-order valence-corrected chi connectivity index (χ1v) is 13.1. The van der Waals surface area contributed by atoms with Crippen LogP contribution in [0.5, 0.6) is 5.75 Å². The van der Waals surface area contributed by atoms with E-state index in [1.807, 2.05) is 0 Å². The molecule has 11 nitrogen and oxygen atoms in total. The highest BCUT2D eigenvalue weighted by Gasteiger charge is 2.29. The van der Waals surface area contributed by atoms with Crippen molar-refractivity contribution in [2.24, 2.45) is 5.14 Å². The van der Waals surface area contributed by atoms with Crippen molar-refractivity contribution in [2.45, 2.75) is 17.7 Å². The Kier molecular flexibility index (Phi) is 7.25. The van der Waals surface area contributed by atoms with Crippen molar-refractivity contribution in [2.75, 3.05) is 35.6 Å². The van der Waals surface area contributed by atoms with Gasteiger partial charge in [0.2, 0.25) is 20.0 Å². The van der Waals surface area contributed by atoms with Gasteiger partial charge >= 0.3 is 11.8 Å². The van der Waals surface area contributed by atoms with Crippen molar-refractivity contribution in [1.29, 1.82) is 0 Å². The van der Waals surface area contributed by atoms with Crippen LogP contribution in [0.2, 0.25) is 0 Å². The molecule has 2 aromatic rings. The van der Waals surface area contributed by atoms with E-state index in [0.29, 0.717) is 25.1 Å². The molecule has 0 unspecified atom stereocenters. The third-order valence-electron chi connectivity index (χ3n) is 4.98. The van der Waals surface area contributed by atoms with Crippen LogP contribution in [0.4, 0.5) is 11.4 Å². The number of carbonyl (C=O) groups excluding carboxylic acids is 2. The maximum Gasteiger partial charge on any atom is 0.313 e. The van der Waals surface area contributed by atoms with Crippen LogP contribution in [0.3, 0.4) is 0 Å². The van der Waals surface area contributed by atoms with Gasteiger partial charge in [-0.15, -0.1) is 0 Å². The maximum absolute atomic E-state index is 12.3. The summed E-state index contributed by atoms with van der Waals surface area (Å²) in [5.41, 5.74) is 1.27. The van der Waals surface area contributed by atoms with Crippen molar-refractivity contribution >= 4 is 43.2 Å². The minimum absolute atomic E-state index is 0.0208. The molecule has 1 heterocycles. The molecule has 1 aliphatic heterocycles. The molecule has 3 rings (SSSR count). The number of ether oxygens (including phenoxy) is 1. The van der Waals surface area contributed by atoms with Crippen LogP contribution in [0.1, 0.15) is 12.0 Å². The van der Waals surface area contributed by atoms with Gasteiger partial charge in [0.25, 0.3) is 0 Å². The molecule has 1 saturated heterocycles. The van der Waals surface area contributed by atoms with Gasteiger partial charge in [0, 0.05) is 13.1 Å². The van der Waals surface area contributed by atoms with Crippen molar-refractivity contribution in [3.63, 3.8) is 0 Å². The van der Waals surface area contributed by atoms with Crippen molar-refractivity contribution in [3.8, 4) is 5.75 Å². The number of carbonyl (C=O) groups is 2. The predicted molar refractivity (Wildman–Crippen MR) is 122 cm³/mol. The number of rotatable bonds is 7. The summed E-state index contributed by atoms with van der Waals surface area (Å²) in [5, 5.41) is 9.97. The van der Waals surface area contributed by atoms with E-state index in [0.717, 1.165) is 5.56 Å². The Morgan fingerprint density at radius 2 is 1.82 bits per heavy atom. The van der Waals surface area contributed by atoms with E-state index in [1.165, 1.54) is 35.7 Å². The molecule has 178 valence electrons. The number of primary sulfonamides is 1. The summed E-state index contributed by atoms with van der Waals surface area (Å²) in [7, 11) is -5.81. The van der Waals surface area contributed by atoms with Crippen molar-refractivity contribution in [3.05, 3.63) is 48.0 Å². The molecule has 0 aromatic heterocycles. The normalized spacial score (nSPS) is 15.2. The molecule has 1 fully saturated rings. The van der Waals surface area contributed by atoms with E-state index >= 15 is 0 Å². The number of nitrogens with two attached hydrogens (primary N) is 1. The van der Waals surface area contributed by atoms with Gasteiger partial charge in [0.1, 0.15) is 5.75 Å². The fourth-order valence-electron chi connectivity index (χ4n) is 3.30. The first-order chi connectivity index (χ1) is 15.5. The minimum atomic E-state index is -3.78. The molecule has 2 amide bonds. The first-order valence-electron chi connectivity index (χ1n) is 9.90. The summed E-state index contributed by atoms with van der Waals surface area (Å²) >= 11 is 0. The average molecular weight is 497 g/mol. The molecule has 1 aliphatic rings. The molecule has 0 aliphatic carbocycles. The second kappa shape index (κ2) is 9.77. The summed E-state index contributed by atoms with van der Waals surface area (Å²) in [6.45, 7) is 0.463. The Balaban J connectivity index is 1.61. The molecular weight excluding hydrogens is 472 g/mol. The standard InChI is InChI=1S/C20H24N4O7S2/c1-31-18-8-5-15(24-11-2-12-32(24,27)28)13-17(18)23-20(26)19(25)22-10-9-14-3-6-16(7-4-14)33(21,29)30/h3-8,13H,2,9-12H2,1H3,(H,22,25)(H,23,26)(H2,21,29,30). The Morgan fingerprint density at radius 1 is 1.12 bits per heavy atom. The van der Waals surface area contributed by atoms with Gasteiger partial charge in [0.05, 0.1) is 29.1 Å². The Labute approximate surface area is 192 Å². The Hall–Kier alpha value is -3.16. The van der Waals surface area contributed by atoms with Crippen LogP contribution in [0, 0.1) is 0 Å². The molecule has 4 N–H and O–H groups in total. The number of hydrogen-bond donors (Lipinski definition) is 3. The summed E-state index contributed by atoms with van der Waals surface area (Å²) in [6, 6.07) is 10.4. The number of nitrogens with one attached hydrogen (secondary N) is 2. The van der Waals surface area contributed by atoms with E-state index in [-0.39, 0.29) is 28.6 Å². The molecule has 33 heavy (non-hydrogen) atoms. The van der Waals surface area contributed by atoms with Gasteiger partial charge in [-0.3, -0.25) is 13.9 Å². The van der Waals surface area contributed by atoms with E-state index in [2.05, 4.69) is 10.6 Å². The lowest BCUT2D eigenvalue weighted by Gasteiger charge is -2.19. The fourth-order valence-corrected chi connectivity index (χ4v) is 5.38. The lowest BCUT2D eigenvalue weighted by molar-refractivity contribution is -0.136. The summed E-state index contributed by atoms with van der Waals surface area (Å²) in [6.07, 6.45) is 0.860. The van der Waals surface area contributed by atoms with Crippen LogP contribution in [0.25, 0.3) is 0 Å². The second-order valence-electron chi connectivity index (χ2n) is 7.28. The van der Waals surface area contributed by atoms with Crippen LogP contribution in [-0.2, 0) is 36.1 Å². The molecule has 0 radical (unpaired) electrons. The average Bonchev–Trinajstić information content (AvgIpc) is 3.12. The number of benzene rings is 2. The Bertz CT molecular complexity index is 1260. The molecule has 0 spiro atoms. The van der Waals surface area contributed by atoms with E-state index in [9.17, 15) is 26.4 Å². The van der Waals surface area contributed by atoms with Gasteiger partial charge in [0.15, 0.2) is 0 Å². The molecule has 2 aromatic carbocycles. The third kappa shape index (κ3) is 6.00. The number of anilines is 2. The zero-order chi connectivity index (χ0) is 24.2. The van der Waals surface area contributed by atoms with Gasteiger partial charge in [-0.1, -0.05) is 12.1 Å². The lowest BCUT2D eigenvalue weighted by atomic mass is 10.1. The highest BCUT2D eigenvalue weighted by molar-refractivity contribution is 7.93. The number of hydrogen-bond acceptors (Lipinski definition) is 7. The topological polar surface area (TPSA) is 165 Å². The quantitative estimate of drug-likeness (QED) is 0.460. The van der Waals surface area contributed by atoms with Crippen molar-refractivity contribution < 1.29 is 31.2 Å². The number of amides is 2. The number of nitrogens with zero attached hydrogens (tertiary/aromatic N) is 1. The lowest BCUT2D eigenvalue weighted by Crippen LogP contribution is -2.36. The molecule has 0 bridgehead atoms. The summed E-state index contributed by atoms with van der Waals surface area (Å²) in [4.78, 5) is 24.5. The third-order valence-corrected chi connectivity index (χ3v) is 7.77. The highest BCUT2D eigenvalue weighted by atomic mass is 32.2. The predicted octanol–water partition coefficient (Wildman–Crippen LogP) is 0.180. The van der Waals surface area contributed by atoms with Gasteiger partial charge < -0.3 is 15.4 Å². The van der Waals surface area contributed by atoms with Gasteiger partial charge in [-0.25, -0.2) is 22.0 Å². The van der Waals surface area contributed by atoms with Gasteiger partial charge in [-0.2, -0.15) is 0 Å². The monoisotopic (exact) mass is 496 g/mol. The van der Waals surface area contributed by atoms with Crippen LogP contribution in [0.15, 0.2) is 47.4 Å². The van der Waals surface area contributed by atoms with Crippen LogP contribution in [-0.4, -0.2) is 54.6 Å². The molecule has 0 saturated carbocycles. The number of sulfonamides is 2. The molecular formula is C20H24N4O7S2. The summed E-state index contributed by atoms with van der Waals surface area (Å²) < 4.78 is 53.4. The minimum Gasteiger partial charge on any atom is -0.495 e. The molecule has 13 heteroatoms. The van der Waals surface area contributed by atoms with E-state index in [1.54, 1.807) is 18.2 Å². The maximum atomic E-state index is 12.3. The fraction of sp³-hybridized carbons (Fsp3) is 0.300. The van der Waals surface area contributed by atoms with E-state index < -0.39 is 31.9 Å². The zero-order valence-corrected chi connectivity index (χ0v) is 19.4. The largest absolute Gasteiger partial charge is 0.495 e. The van der Waals surface area contributed by atoms with E-state index in [4.69, 9.17) is 9.88 Å². The second-order valence-corrected chi connectivity index (χ2v) is 10.8. The number of methoxy groups -OCH3 is 1. The van der Waals surface area contributed by atoms with Gasteiger partial charge in [-0.05, 0) is 48.7 Å². The first kappa shape index (κ1) is 24.5. The zero-order valence-electron chi connectivity index (χ0n) is 17.8.